The molecule has 0 radical (unpaired) electrons. The van der Waals surface area contributed by atoms with Crippen molar-refractivity contribution in [2.45, 2.75) is 50.8 Å². The van der Waals surface area contributed by atoms with E-state index >= 15 is 0 Å². The summed E-state index contributed by atoms with van der Waals surface area (Å²) in [5, 5.41) is 3.30. The number of rotatable bonds is 6. The van der Waals surface area contributed by atoms with Crippen LogP contribution in [0.25, 0.3) is 11.3 Å². The van der Waals surface area contributed by atoms with Gasteiger partial charge in [-0.2, -0.15) is 4.31 Å². The Morgan fingerprint density at radius 1 is 1.14 bits per heavy atom. The molecule has 188 valence electrons. The molecule has 6 nitrogen and oxygen atoms in total. The number of amides is 1. The first kappa shape index (κ1) is 26.6. The fourth-order valence-corrected chi connectivity index (χ4v) is 6.73. The van der Waals surface area contributed by atoms with Crippen LogP contribution in [0.5, 0.6) is 0 Å². The Morgan fingerprint density at radius 2 is 1.86 bits per heavy atom. The van der Waals surface area contributed by atoms with Crippen LogP contribution in [-0.2, 0) is 10.0 Å². The minimum Gasteiger partial charge on any atom is -0.298 e. The summed E-state index contributed by atoms with van der Waals surface area (Å²) in [5.74, 6) is 6.03. The molecule has 9 heteroatoms. The van der Waals surface area contributed by atoms with Crippen LogP contribution in [0.15, 0.2) is 51.8 Å². The molecule has 36 heavy (non-hydrogen) atoms. The predicted octanol–water partition coefficient (Wildman–Crippen LogP) is 6.46. The minimum atomic E-state index is -3.54. The number of benzene rings is 2. The minimum absolute atomic E-state index is 0.204. The highest BCUT2D eigenvalue weighted by atomic mass is 79.9. The van der Waals surface area contributed by atoms with Crippen LogP contribution in [-0.4, -0.2) is 36.7 Å². The van der Waals surface area contributed by atoms with Gasteiger partial charge in [0.25, 0.3) is 5.91 Å². The van der Waals surface area contributed by atoms with Crippen LogP contribution in [0.1, 0.15) is 59.8 Å². The quantitative estimate of drug-likeness (QED) is 0.337. The molecule has 1 amide bonds. The number of aromatic nitrogens is 1. The van der Waals surface area contributed by atoms with Gasteiger partial charge in [-0.25, -0.2) is 13.4 Å². The Kier molecular flexibility index (Phi) is 8.62. The van der Waals surface area contributed by atoms with Crippen molar-refractivity contribution in [2.24, 2.45) is 0 Å². The third kappa shape index (κ3) is 6.06. The van der Waals surface area contributed by atoms with E-state index in [1.807, 2.05) is 25.1 Å². The van der Waals surface area contributed by atoms with Gasteiger partial charge < -0.3 is 0 Å². The predicted molar refractivity (Wildman–Crippen MR) is 149 cm³/mol. The molecule has 0 atom stereocenters. The van der Waals surface area contributed by atoms with E-state index in [1.54, 1.807) is 12.1 Å². The Hall–Kier alpha value is -2.51. The third-order valence-electron chi connectivity index (χ3n) is 5.87. The highest BCUT2D eigenvalue weighted by Crippen LogP contribution is 2.35. The average Bonchev–Trinajstić information content (AvgIpc) is 3.28. The van der Waals surface area contributed by atoms with E-state index in [1.165, 1.54) is 27.8 Å². The lowest BCUT2D eigenvalue weighted by molar-refractivity contribution is 0.102. The van der Waals surface area contributed by atoms with Gasteiger partial charge in [-0.3, -0.25) is 10.1 Å². The van der Waals surface area contributed by atoms with Gasteiger partial charge in [-0.05, 0) is 62.6 Å². The van der Waals surface area contributed by atoms with Gasteiger partial charge in [-0.1, -0.05) is 64.1 Å². The van der Waals surface area contributed by atoms with Gasteiger partial charge >= 0.3 is 0 Å². The fourth-order valence-electron chi connectivity index (χ4n) is 3.93. The number of nitrogens with one attached hydrogen (secondary N) is 1. The van der Waals surface area contributed by atoms with Gasteiger partial charge in [0, 0.05) is 35.1 Å². The number of nitrogens with zero attached hydrogens (tertiary/aromatic N) is 2. The number of hydrogen-bond donors (Lipinski definition) is 1. The summed E-state index contributed by atoms with van der Waals surface area (Å²) in [5.41, 5.74) is 3.09. The average molecular weight is 587 g/mol. The van der Waals surface area contributed by atoms with Crippen molar-refractivity contribution in [2.75, 3.05) is 18.4 Å². The molecule has 0 saturated carbocycles. The zero-order valence-corrected chi connectivity index (χ0v) is 23.5. The summed E-state index contributed by atoms with van der Waals surface area (Å²) < 4.78 is 28.2. The van der Waals surface area contributed by atoms with Gasteiger partial charge in [-0.15, -0.1) is 0 Å². The van der Waals surface area contributed by atoms with Gasteiger partial charge in [0.2, 0.25) is 10.0 Å². The van der Waals surface area contributed by atoms with E-state index in [9.17, 15) is 13.2 Å². The first-order valence-electron chi connectivity index (χ1n) is 12.0. The Morgan fingerprint density at radius 3 is 2.56 bits per heavy atom. The maximum atomic E-state index is 13.0. The maximum absolute atomic E-state index is 13.0. The summed E-state index contributed by atoms with van der Waals surface area (Å²) in [6, 6.07) is 12.1. The smallest absolute Gasteiger partial charge is 0.257 e. The number of sulfonamides is 1. The topological polar surface area (TPSA) is 79.4 Å². The molecule has 4 rings (SSSR count). The molecule has 2 aromatic carbocycles. The highest BCUT2D eigenvalue weighted by Gasteiger charge is 2.26. The van der Waals surface area contributed by atoms with E-state index < -0.39 is 10.0 Å². The number of carbonyl (C=O) groups is 1. The zero-order valence-electron chi connectivity index (χ0n) is 20.3. The first-order valence-corrected chi connectivity index (χ1v) is 15.0. The number of carbonyl (C=O) groups excluding carboxylic acids is 1. The molecule has 1 aliphatic rings. The van der Waals surface area contributed by atoms with Crippen molar-refractivity contribution in [3.63, 3.8) is 0 Å². The van der Waals surface area contributed by atoms with E-state index in [4.69, 9.17) is 4.98 Å². The summed E-state index contributed by atoms with van der Waals surface area (Å²) in [6.45, 7) is 5.17. The lowest BCUT2D eigenvalue weighted by atomic mass is 10.1. The Labute approximate surface area is 225 Å². The summed E-state index contributed by atoms with van der Waals surface area (Å²) in [7, 11) is -3.54. The number of anilines is 1. The number of halogens is 1. The molecule has 0 aliphatic carbocycles. The molecule has 1 aliphatic heterocycles. The standard InChI is InChI=1S/C27H28BrN3O3S2/c1-3-4-6-9-24-25(22-18-19(2)10-15-23(22)28)29-27(35-24)30-26(32)20-11-13-21(14-12-20)36(33,34)31-16-7-5-8-17-31/h10-15,18H,3-5,7-8,16-17H2,1-2H3,(H,29,30,32). The largest absolute Gasteiger partial charge is 0.298 e. The Balaban J connectivity index is 1.57. The zero-order chi connectivity index (χ0) is 25.7. The van der Waals surface area contributed by atoms with Crippen LogP contribution in [0, 0.1) is 18.8 Å². The van der Waals surface area contributed by atoms with Crippen molar-refractivity contribution < 1.29 is 13.2 Å². The molecule has 1 aromatic heterocycles. The summed E-state index contributed by atoms with van der Waals surface area (Å²) in [6.07, 6.45) is 4.54. The van der Waals surface area contributed by atoms with E-state index in [0.717, 1.165) is 58.3 Å². The van der Waals surface area contributed by atoms with Gasteiger partial charge in [0.05, 0.1) is 4.90 Å². The lowest BCUT2D eigenvalue weighted by Crippen LogP contribution is -2.35. The molecular weight excluding hydrogens is 558 g/mol. The first-order chi connectivity index (χ1) is 17.3. The normalized spacial score (nSPS) is 14.2. The second-order valence-electron chi connectivity index (χ2n) is 8.68. The van der Waals surface area contributed by atoms with Crippen molar-refractivity contribution in [3.8, 4) is 23.1 Å². The number of hydrogen-bond acceptors (Lipinski definition) is 5. The van der Waals surface area contributed by atoms with Crippen molar-refractivity contribution in [1.29, 1.82) is 0 Å². The molecule has 3 aromatic rings. The van der Waals surface area contributed by atoms with Crippen LogP contribution >= 0.6 is 27.3 Å². The van der Waals surface area contributed by atoms with Crippen LogP contribution in [0.4, 0.5) is 5.13 Å². The summed E-state index contributed by atoms with van der Waals surface area (Å²) in [4.78, 5) is 18.7. The number of thiazole rings is 1. The van der Waals surface area contributed by atoms with Gasteiger partial charge in [0.1, 0.15) is 10.6 Å². The van der Waals surface area contributed by atoms with E-state index in [0.29, 0.717) is 23.8 Å². The molecule has 1 N–H and O–H groups in total. The molecule has 1 saturated heterocycles. The number of unbranched alkanes of at least 4 members (excludes halogenated alkanes) is 1. The summed E-state index contributed by atoms with van der Waals surface area (Å²) >= 11 is 4.94. The van der Waals surface area contributed by atoms with Crippen LogP contribution in [0.3, 0.4) is 0 Å². The molecule has 0 spiro atoms. The Bertz CT molecular complexity index is 1410. The van der Waals surface area contributed by atoms with Crippen molar-refractivity contribution in [1.82, 2.24) is 9.29 Å². The van der Waals surface area contributed by atoms with Crippen LogP contribution < -0.4 is 5.32 Å². The third-order valence-corrected chi connectivity index (χ3v) is 9.36. The second-order valence-corrected chi connectivity index (χ2v) is 12.5. The van der Waals surface area contributed by atoms with Crippen molar-refractivity contribution in [3.05, 3.63) is 62.9 Å². The molecule has 0 bridgehead atoms. The lowest BCUT2D eigenvalue weighted by Gasteiger charge is -2.25. The fraction of sp³-hybridized carbons (Fsp3) is 0.333. The SMILES string of the molecule is CCCC#Cc1sc(NC(=O)c2ccc(S(=O)(=O)N3CCCCC3)cc2)nc1-c1cc(C)ccc1Br. The maximum Gasteiger partial charge on any atom is 0.257 e. The molecule has 0 unspecified atom stereocenters. The molecule has 2 heterocycles. The van der Waals surface area contributed by atoms with E-state index in [2.05, 4.69) is 40.0 Å². The highest BCUT2D eigenvalue weighted by molar-refractivity contribution is 9.10. The number of aryl methyl sites for hydroxylation is 1. The number of piperidine rings is 1. The van der Waals surface area contributed by atoms with E-state index in [-0.39, 0.29) is 10.8 Å². The molecule has 1 fully saturated rings. The molecular formula is C27H28BrN3O3S2. The van der Waals surface area contributed by atoms with Crippen molar-refractivity contribution >= 4 is 48.3 Å². The van der Waals surface area contributed by atoms with Gasteiger partial charge in [0.15, 0.2) is 5.13 Å². The van der Waals surface area contributed by atoms with Crippen LogP contribution in [0.2, 0.25) is 0 Å². The second kappa shape index (κ2) is 11.7. The monoisotopic (exact) mass is 585 g/mol.